The lowest BCUT2D eigenvalue weighted by Crippen LogP contribution is -2.67. The Kier molecular flexibility index (Phi) is 12.7. The van der Waals surface area contributed by atoms with Gasteiger partial charge in [0, 0.05) is 24.3 Å². The Bertz CT molecular complexity index is 1650. The van der Waals surface area contributed by atoms with Crippen molar-refractivity contribution in [2.75, 3.05) is 13.2 Å². The minimum Gasteiger partial charge on any atom is -0.465 e. The molecule has 16 heteroatoms. The molecule has 6 fully saturated rings. The second-order valence-corrected chi connectivity index (χ2v) is 20.3. The summed E-state index contributed by atoms with van der Waals surface area (Å²) in [7, 11) is 0. The van der Waals surface area contributed by atoms with Gasteiger partial charge in [0.25, 0.3) is 0 Å². The molecule has 3 saturated heterocycles. The predicted octanol–water partition coefficient (Wildman–Crippen LogP) is 2.06. The van der Waals surface area contributed by atoms with Gasteiger partial charge in [0.2, 0.25) is 0 Å². The van der Waals surface area contributed by atoms with Crippen LogP contribution in [0.25, 0.3) is 0 Å². The number of hydrogen-bond donors (Lipinski definition) is 6. The summed E-state index contributed by atoms with van der Waals surface area (Å²) in [6.45, 7) is 15.4. The molecule has 16 nitrogen and oxygen atoms in total. The first-order valence-corrected chi connectivity index (χ1v) is 21.9. The highest BCUT2D eigenvalue weighted by molar-refractivity contribution is 5.90. The molecule has 20 unspecified atom stereocenters. The van der Waals surface area contributed by atoms with Crippen LogP contribution in [0.4, 0.5) is 0 Å². The molecule has 6 N–H and O–H groups in total. The zero-order chi connectivity index (χ0) is 43.9. The number of carbonyl (C=O) groups excluding carboxylic acids is 3. The van der Waals surface area contributed by atoms with E-state index in [1.807, 2.05) is 0 Å². The minimum atomic E-state index is -1.68. The second kappa shape index (κ2) is 16.7. The van der Waals surface area contributed by atoms with Gasteiger partial charge in [-0.15, -0.1) is 0 Å². The average molecular weight is 853 g/mol. The third-order valence-electron chi connectivity index (χ3n) is 16.8. The molecule has 3 saturated carbocycles. The number of esters is 3. The van der Waals surface area contributed by atoms with E-state index in [1.54, 1.807) is 13.0 Å². The van der Waals surface area contributed by atoms with Crippen LogP contribution in [-0.4, -0.2) is 141 Å². The molecule has 0 amide bonds. The van der Waals surface area contributed by atoms with Crippen LogP contribution in [-0.2, 0) is 47.5 Å². The Labute approximate surface area is 352 Å². The molecule has 0 aromatic heterocycles. The third-order valence-corrected chi connectivity index (χ3v) is 16.8. The summed E-state index contributed by atoms with van der Waals surface area (Å²) >= 11 is 0. The van der Waals surface area contributed by atoms with E-state index in [-0.39, 0.29) is 59.5 Å². The average Bonchev–Trinajstić information content (AvgIpc) is 3.73. The zero-order valence-electron chi connectivity index (χ0n) is 36.2. The van der Waals surface area contributed by atoms with Gasteiger partial charge in [-0.2, -0.15) is 0 Å². The van der Waals surface area contributed by atoms with Gasteiger partial charge in [-0.1, -0.05) is 34.6 Å². The molecule has 7 rings (SSSR count). The van der Waals surface area contributed by atoms with Gasteiger partial charge in [0.15, 0.2) is 12.6 Å². The van der Waals surface area contributed by atoms with Gasteiger partial charge in [0.1, 0.15) is 54.9 Å². The van der Waals surface area contributed by atoms with Crippen molar-refractivity contribution in [2.24, 2.45) is 45.3 Å². The van der Waals surface area contributed by atoms with Crippen molar-refractivity contribution in [1.29, 1.82) is 0 Å². The molecule has 3 aliphatic carbocycles. The number of aliphatic hydroxyl groups is 6. The standard InChI is InChI=1S/C44H68O16/c1-20-15-24(57-38(20)53)16-26(56-23(4)46)21(2)25-9-10-29-42(7)13-12-30(41(5,6)28(42)11-14-43(29,8)44(25)17-31(47)54-19-44)59-40-37(35(51)33(49)27(18-45)58-40)60-39-36(52)34(50)32(48)22(3)55-39/h15,21-22,24-30,32-37,39-40,45,48-52H,9-14,16-19H2,1-8H3. The fourth-order valence-electron chi connectivity index (χ4n) is 13.6. The van der Waals surface area contributed by atoms with Crippen LogP contribution < -0.4 is 0 Å². The summed E-state index contributed by atoms with van der Waals surface area (Å²) in [4.78, 5) is 38.1. The van der Waals surface area contributed by atoms with Gasteiger partial charge in [-0.05, 0) is 98.4 Å². The van der Waals surface area contributed by atoms with Gasteiger partial charge < -0.3 is 63.8 Å². The SMILES string of the molecule is CC(=O)OC(CC1C=C(C)C(=O)O1)C(C)C1CCC2C3(C)CCC(OC4OC(CO)C(O)C(O)C4OC4OC(C)C(O)C(O)C4O)C(C)(C)C3CCC2(C)C12COC(=O)C2. The van der Waals surface area contributed by atoms with E-state index < -0.39 is 103 Å². The van der Waals surface area contributed by atoms with E-state index in [0.29, 0.717) is 18.4 Å². The monoisotopic (exact) mass is 852 g/mol. The molecule has 340 valence electrons. The number of hydrogen-bond acceptors (Lipinski definition) is 16. The van der Waals surface area contributed by atoms with Gasteiger partial charge in [0.05, 0.1) is 31.8 Å². The van der Waals surface area contributed by atoms with Crippen LogP contribution in [0, 0.1) is 45.3 Å². The molecule has 4 aliphatic heterocycles. The van der Waals surface area contributed by atoms with Crippen molar-refractivity contribution < 1.29 is 78.2 Å². The Morgan fingerprint density at radius 1 is 0.883 bits per heavy atom. The zero-order valence-corrected chi connectivity index (χ0v) is 36.2. The summed E-state index contributed by atoms with van der Waals surface area (Å²) in [6, 6.07) is 0. The fraction of sp³-hybridized carbons (Fsp3) is 0.886. The molecule has 60 heavy (non-hydrogen) atoms. The summed E-state index contributed by atoms with van der Waals surface area (Å²) < 4.78 is 42.1. The van der Waals surface area contributed by atoms with E-state index in [4.69, 9.17) is 33.2 Å². The first kappa shape index (κ1) is 45.8. The lowest BCUT2D eigenvalue weighted by atomic mass is 9.34. The van der Waals surface area contributed by atoms with Crippen molar-refractivity contribution >= 4 is 17.9 Å². The normalized spacial score (nSPS) is 48.6. The van der Waals surface area contributed by atoms with E-state index in [2.05, 4.69) is 34.6 Å². The van der Waals surface area contributed by atoms with Crippen molar-refractivity contribution in [2.45, 2.75) is 186 Å². The highest BCUT2D eigenvalue weighted by atomic mass is 16.8. The Morgan fingerprint density at radius 3 is 2.22 bits per heavy atom. The van der Waals surface area contributed by atoms with Crippen molar-refractivity contribution in [1.82, 2.24) is 0 Å². The summed E-state index contributed by atoms with van der Waals surface area (Å²) in [6.07, 6.45) is -8.62. The van der Waals surface area contributed by atoms with Crippen molar-refractivity contribution in [3.8, 4) is 0 Å². The Morgan fingerprint density at radius 2 is 1.60 bits per heavy atom. The fourth-order valence-corrected chi connectivity index (χ4v) is 13.6. The topological polar surface area (TPSA) is 237 Å². The van der Waals surface area contributed by atoms with Crippen LogP contribution in [0.5, 0.6) is 0 Å². The number of cyclic esters (lactones) is 2. The highest BCUT2D eigenvalue weighted by Crippen LogP contribution is 2.74. The van der Waals surface area contributed by atoms with E-state index in [9.17, 15) is 45.0 Å². The van der Waals surface area contributed by atoms with E-state index in [0.717, 1.165) is 32.1 Å². The molecular weight excluding hydrogens is 784 g/mol. The summed E-state index contributed by atoms with van der Waals surface area (Å²) in [5, 5.41) is 63.8. The molecule has 0 aromatic carbocycles. The quantitative estimate of drug-likeness (QED) is 0.105. The van der Waals surface area contributed by atoms with Gasteiger partial charge >= 0.3 is 17.9 Å². The van der Waals surface area contributed by atoms with Gasteiger partial charge in [-0.3, -0.25) is 9.59 Å². The maximum absolute atomic E-state index is 13.3. The van der Waals surface area contributed by atoms with E-state index >= 15 is 0 Å². The second-order valence-electron chi connectivity index (χ2n) is 20.3. The lowest BCUT2D eigenvalue weighted by molar-refractivity contribution is -0.376. The first-order valence-electron chi connectivity index (χ1n) is 21.9. The first-order chi connectivity index (χ1) is 28.1. The molecule has 1 spiro atoms. The number of ether oxygens (including phenoxy) is 7. The third kappa shape index (κ3) is 7.55. The summed E-state index contributed by atoms with van der Waals surface area (Å²) in [5.41, 5.74) is -0.995. The largest absolute Gasteiger partial charge is 0.465 e. The molecule has 0 radical (unpaired) electrons. The van der Waals surface area contributed by atoms with Crippen LogP contribution in [0.1, 0.15) is 107 Å². The lowest BCUT2D eigenvalue weighted by Gasteiger charge is -2.70. The van der Waals surface area contributed by atoms with Crippen molar-refractivity contribution in [3.05, 3.63) is 11.6 Å². The maximum Gasteiger partial charge on any atom is 0.334 e. The molecule has 20 atom stereocenters. The number of carbonyl (C=O) groups is 3. The highest BCUT2D eigenvalue weighted by Gasteiger charge is 2.71. The van der Waals surface area contributed by atoms with Crippen molar-refractivity contribution in [3.63, 3.8) is 0 Å². The van der Waals surface area contributed by atoms with Crippen LogP contribution in [0.3, 0.4) is 0 Å². The van der Waals surface area contributed by atoms with E-state index in [1.165, 1.54) is 13.8 Å². The Hall–Kier alpha value is -2.25. The smallest absolute Gasteiger partial charge is 0.334 e. The number of rotatable bonds is 10. The molecule has 7 aliphatic rings. The summed E-state index contributed by atoms with van der Waals surface area (Å²) in [5.74, 6) is -0.875. The van der Waals surface area contributed by atoms with Gasteiger partial charge in [-0.25, -0.2) is 4.79 Å². The number of aliphatic hydroxyl groups excluding tert-OH is 6. The minimum absolute atomic E-state index is 0.0229. The Balaban J connectivity index is 1.13. The van der Waals surface area contributed by atoms with Crippen LogP contribution in [0.15, 0.2) is 11.6 Å². The van der Waals surface area contributed by atoms with Crippen LogP contribution >= 0.6 is 0 Å². The molecular formula is C44H68O16. The number of fused-ring (bicyclic) bond motifs is 4. The van der Waals surface area contributed by atoms with Crippen LogP contribution in [0.2, 0.25) is 0 Å². The molecule has 4 heterocycles. The molecule has 0 bridgehead atoms. The predicted molar refractivity (Wildman–Crippen MR) is 209 cm³/mol. The maximum atomic E-state index is 13.3. The molecule has 0 aromatic rings.